The van der Waals surface area contributed by atoms with Crippen LogP contribution in [0.4, 0.5) is 5.69 Å². The molecule has 3 rings (SSSR count). The number of aromatic nitrogens is 1. The Morgan fingerprint density at radius 3 is 2.95 bits per heavy atom. The molecule has 1 fully saturated rings. The fraction of sp³-hybridized carbons (Fsp3) is 0.471. The second-order valence-electron chi connectivity index (χ2n) is 6.03. The Morgan fingerprint density at radius 1 is 1.45 bits per heavy atom. The van der Waals surface area contributed by atoms with Crippen LogP contribution in [0.2, 0.25) is 5.02 Å². The molecule has 0 radical (unpaired) electrons. The molecule has 1 aromatic carbocycles. The Hall–Kier alpha value is -1.28. The van der Waals surface area contributed by atoms with E-state index >= 15 is 0 Å². The summed E-state index contributed by atoms with van der Waals surface area (Å²) in [4.78, 5) is 4.48. The summed E-state index contributed by atoms with van der Waals surface area (Å²) in [6, 6.07) is 6.53. The second kappa shape index (κ2) is 5.61. The predicted molar refractivity (Wildman–Crippen MR) is 86.5 cm³/mol. The van der Waals surface area contributed by atoms with Crippen LogP contribution in [-0.4, -0.2) is 11.0 Å². The van der Waals surface area contributed by atoms with Crippen LogP contribution in [0.5, 0.6) is 0 Å². The maximum Gasteiger partial charge on any atom is 0.0752 e. The fourth-order valence-corrected chi connectivity index (χ4v) is 3.38. The molecule has 1 aliphatic carbocycles. The van der Waals surface area contributed by atoms with Gasteiger partial charge in [0.15, 0.2) is 0 Å². The van der Waals surface area contributed by atoms with Gasteiger partial charge in [0.25, 0.3) is 0 Å². The average molecular weight is 289 g/mol. The number of nitrogens with one attached hydrogen (secondary N) is 1. The number of benzene rings is 1. The maximum absolute atomic E-state index is 6.45. The number of aryl methyl sites for hydroxylation is 1. The summed E-state index contributed by atoms with van der Waals surface area (Å²) in [5.41, 5.74) is 3.20. The number of hydrogen-bond donors (Lipinski definition) is 1. The minimum atomic E-state index is 0.448. The van der Waals surface area contributed by atoms with E-state index in [-0.39, 0.29) is 0 Å². The van der Waals surface area contributed by atoms with Crippen LogP contribution in [0, 0.1) is 12.8 Å². The Kier molecular flexibility index (Phi) is 3.84. The van der Waals surface area contributed by atoms with Crippen LogP contribution < -0.4 is 5.32 Å². The van der Waals surface area contributed by atoms with E-state index in [1.165, 1.54) is 25.7 Å². The van der Waals surface area contributed by atoms with Gasteiger partial charge in [-0.25, -0.2) is 0 Å². The molecule has 2 nitrogen and oxygen atoms in total. The van der Waals surface area contributed by atoms with Gasteiger partial charge in [-0.05, 0) is 49.9 Å². The van der Waals surface area contributed by atoms with Gasteiger partial charge in [-0.15, -0.1) is 0 Å². The highest BCUT2D eigenvalue weighted by Crippen LogP contribution is 2.35. The van der Waals surface area contributed by atoms with Gasteiger partial charge in [0.1, 0.15) is 0 Å². The van der Waals surface area contributed by atoms with Gasteiger partial charge in [-0.2, -0.15) is 0 Å². The number of rotatable bonds is 4. The lowest BCUT2D eigenvalue weighted by Crippen LogP contribution is -2.23. The topological polar surface area (TPSA) is 24.9 Å². The maximum atomic E-state index is 6.45. The summed E-state index contributed by atoms with van der Waals surface area (Å²) in [5, 5.41) is 5.53. The molecule has 2 aromatic rings. The quantitative estimate of drug-likeness (QED) is 0.838. The molecular weight excluding hydrogens is 268 g/mol. The molecule has 1 atom stereocenters. The molecule has 1 aliphatic rings. The van der Waals surface area contributed by atoms with Crippen molar-refractivity contribution in [3.8, 4) is 0 Å². The summed E-state index contributed by atoms with van der Waals surface area (Å²) >= 11 is 6.45. The van der Waals surface area contributed by atoms with E-state index in [0.29, 0.717) is 6.04 Å². The highest BCUT2D eigenvalue weighted by Gasteiger charge is 2.21. The third kappa shape index (κ3) is 2.62. The van der Waals surface area contributed by atoms with Crippen molar-refractivity contribution in [2.45, 2.75) is 45.6 Å². The predicted octanol–water partition coefficient (Wildman–Crippen LogP) is 5.19. The monoisotopic (exact) mass is 288 g/mol. The van der Waals surface area contributed by atoms with E-state index in [9.17, 15) is 0 Å². The molecule has 106 valence electrons. The van der Waals surface area contributed by atoms with Crippen LogP contribution in [-0.2, 0) is 0 Å². The van der Waals surface area contributed by atoms with E-state index < -0.39 is 0 Å². The van der Waals surface area contributed by atoms with Crippen molar-refractivity contribution < 1.29 is 0 Å². The third-order valence-corrected chi connectivity index (χ3v) is 4.63. The van der Waals surface area contributed by atoms with Crippen molar-refractivity contribution >= 4 is 28.2 Å². The van der Waals surface area contributed by atoms with Gasteiger partial charge >= 0.3 is 0 Å². The summed E-state index contributed by atoms with van der Waals surface area (Å²) in [6.07, 6.45) is 7.23. The van der Waals surface area contributed by atoms with Crippen LogP contribution in [0.3, 0.4) is 0 Å². The van der Waals surface area contributed by atoms with E-state index in [1.807, 2.05) is 18.3 Å². The number of nitrogens with zero attached hydrogens (tertiary/aromatic N) is 1. The fourth-order valence-electron chi connectivity index (χ4n) is 3.06. The summed E-state index contributed by atoms with van der Waals surface area (Å²) in [6.45, 7) is 4.31. The zero-order chi connectivity index (χ0) is 14.1. The van der Waals surface area contributed by atoms with Gasteiger partial charge in [-0.3, -0.25) is 4.98 Å². The third-order valence-electron chi connectivity index (χ3n) is 4.33. The molecule has 0 amide bonds. The van der Waals surface area contributed by atoms with Crippen molar-refractivity contribution in [2.75, 3.05) is 5.32 Å². The van der Waals surface area contributed by atoms with Crippen molar-refractivity contribution in [2.24, 2.45) is 5.92 Å². The summed E-state index contributed by atoms with van der Waals surface area (Å²) in [7, 11) is 0. The minimum absolute atomic E-state index is 0.448. The smallest absolute Gasteiger partial charge is 0.0752 e. The summed E-state index contributed by atoms with van der Waals surface area (Å²) < 4.78 is 0. The van der Waals surface area contributed by atoms with Crippen LogP contribution in [0.15, 0.2) is 24.4 Å². The molecular formula is C17H21ClN2. The molecule has 1 aromatic heterocycles. The van der Waals surface area contributed by atoms with Gasteiger partial charge < -0.3 is 5.32 Å². The van der Waals surface area contributed by atoms with E-state index in [0.717, 1.165) is 33.1 Å². The van der Waals surface area contributed by atoms with Gasteiger partial charge in [0.2, 0.25) is 0 Å². The number of fused-ring (bicyclic) bond motifs is 1. The molecule has 0 bridgehead atoms. The number of hydrogen-bond acceptors (Lipinski definition) is 2. The lowest BCUT2D eigenvalue weighted by atomic mass is 9.81. The zero-order valence-corrected chi connectivity index (χ0v) is 12.9. The van der Waals surface area contributed by atoms with Crippen molar-refractivity contribution in [1.29, 1.82) is 0 Å². The van der Waals surface area contributed by atoms with Crippen LogP contribution in [0.1, 0.15) is 38.2 Å². The lowest BCUT2D eigenvalue weighted by Gasteiger charge is -2.29. The Labute approximate surface area is 125 Å². The zero-order valence-electron chi connectivity index (χ0n) is 12.1. The molecule has 1 unspecified atom stereocenters. The molecule has 3 heteroatoms. The van der Waals surface area contributed by atoms with Crippen LogP contribution in [0.25, 0.3) is 10.9 Å². The van der Waals surface area contributed by atoms with Crippen molar-refractivity contribution in [1.82, 2.24) is 4.98 Å². The van der Waals surface area contributed by atoms with E-state index in [4.69, 9.17) is 11.6 Å². The number of anilines is 1. The minimum Gasteiger partial charge on any atom is -0.381 e. The highest BCUT2D eigenvalue weighted by molar-refractivity contribution is 6.35. The lowest BCUT2D eigenvalue weighted by molar-refractivity contribution is 0.286. The normalized spacial score (nSPS) is 16.9. The highest BCUT2D eigenvalue weighted by atomic mass is 35.5. The number of halogens is 1. The largest absolute Gasteiger partial charge is 0.381 e. The van der Waals surface area contributed by atoms with Gasteiger partial charge in [-0.1, -0.05) is 30.9 Å². The molecule has 0 aliphatic heterocycles. The molecule has 1 heterocycles. The first-order chi connectivity index (χ1) is 9.65. The first-order valence-electron chi connectivity index (χ1n) is 7.45. The number of pyridine rings is 1. The molecule has 1 saturated carbocycles. The Balaban J connectivity index is 1.89. The van der Waals surface area contributed by atoms with Crippen molar-refractivity contribution in [3.05, 3.63) is 35.0 Å². The molecule has 0 spiro atoms. The molecule has 0 saturated heterocycles. The van der Waals surface area contributed by atoms with E-state index in [2.05, 4.69) is 30.2 Å². The standard InChI is InChI=1S/C17H21ClN2/c1-11-9-15(18)17(14-7-4-8-19-16(11)14)20-12(2)10-13-5-3-6-13/h4,7-9,12-13,20H,3,5-6,10H2,1-2H3. The average Bonchev–Trinajstić information content (AvgIpc) is 2.39. The van der Waals surface area contributed by atoms with Gasteiger partial charge in [0, 0.05) is 17.6 Å². The van der Waals surface area contributed by atoms with E-state index in [1.54, 1.807) is 0 Å². The second-order valence-corrected chi connectivity index (χ2v) is 6.44. The van der Waals surface area contributed by atoms with Crippen molar-refractivity contribution in [3.63, 3.8) is 0 Å². The summed E-state index contributed by atoms with van der Waals surface area (Å²) in [5.74, 6) is 0.895. The van der Waals surface area contributed by atoms with Gasteiger partial charge in [0.05, 0.1) is 16.2 Å². The van der Waals surface area contributed by atoms with Crippen LogP contribution >= 0.6 is 11.6 Å². The Bertz CT molecular complexity index is 620. The Morgan fingerprint density at radius 2 is 2.25 bits per heavy atom. The first kappa shape index (κ1) is 13.7. The SMILES string of the molecule is Cc1cc(Cl)c(NC(C)CC2CCC2)c2cccnc12. The molecule has 1 N–H and O–H groups in total. The molecule has 20 heavy (non-hydrogen) atoms. The first-order valence-corrected chi connectivity index (χ1v) is 7.83.